The van der Waals surface area contributed by atoms with Crippen molar-refractivity contribution >= 4 is 5.97 Å². The van der Waals surface area contributed by atoms with Crippen LogP contribution in [-0.2, 0) is 4.79 Å². The predicted octanol–water partition coefficient (Wildman–Crippen LogP) is 0.162. The highest BCUT2D eigenvalue weighted by Crippen LogP contribution is 2.18. The zero-order chi connectivity index (χ0) is 9.94. The van der Waals surface area contributed by atoms with Gasteiger partial charge in [0.1, 0.15) is 5.54 Å². The average molecular weight is 175 g/mol. The lowest BCUT2D eigenvalue weighted by atomic mass is 9.94. The second-order valence-corrected chi connectivity index (χ2v) is 3.53. The molecule has 0 saturated heterocycles. The van der Waals surface area contributed by atoms with Crippen molar-refractivity contribution in [3.63, 3.8) is 0 Å². The van der Waals surface area contributed by atoms with Gasteiger partial charge in [-0.15, -0.1) is 0 Å². The molecule has 0 aromatic heterocycles. The molecular weight excluding hydrogens is 158 g/mol. The van der Waals surface area contributed by atoms with Gasteiger partial charge in [-0.3, -0.25) is 9.69 Å². The summed E-state index contributed by atoms with van der Waals surface area (Å²) in [4.78, 5) is 12.4. The maximum atomic E-state index is 10.8. The molecule has 0 amide bonds. The maximum Gasteiger partial charge on any atom is 0.323 e. The van der Waals surface area contributed by atoms with Crippen molar-refractivity contribution in [2.75, 3.05) is 14.1 Å². The third-order valence-electron chi connectivity index (χ3n) is 2.14. The summed E-state index contributed by atoms with van der Waals surface area (Å²) >= 11 is 0. The number of hydrogen-bond acceptors (Lipinski definition) is 3. The van der Waals surface area contributed by atoms with Gasteiger partial charge >= 0.3 is 5.97 Å². The summed E-state index contributed by atoms with van der Waals surface area (Å²) in [5.41, 5.74) is -0.978. The zero-order valence-corrected chi connectivity index (χ0v) is 8.03. The lowest BCUT2D eigenvalue weighted by Crippen LogP contribution is -2.50. The molecule has 0 aliphatic rings. The van der Waals surface area contributed by atoms with Crippen LogP contribution in [0.3, 0.4) is 0 Å². The molecular formula is C8H17NO3. The summed E-state index contributed by atoms with van der Waals surface area (Å²) in [7, 11) is 3.38. The third-order valence-corrected chi connectivity index (χ3v) is 2.14. The van der Waals surface area contributed by atoms with Crippen molar-refractivity contribution in [1.29, 1.82) is 0 Å². The molecule has 4 nitrogen and oxygen atoms in total. The van der Waals surface area contributed by atoms with Crippen LogP contribution in [0.1, 0.15) is 20.3 Å². The molecule has 0 spiro atoms. The van der Waals surface area contributed by atoms with E-state index >= 15 is 0 Å². The monoisotopic (exact) mass is 175 g/mol. The molecule has 0 saturated carbocycles. The Kier molecular flexibility index (Phi) is 3.67. The third kappa shape index (κ3) is 2.46. The quantitative estimate of drug-likeness (QED) is 0.639. The maximum absolute atomic E-state index is 10.8. The fourth-order valence-corrected chi connectivity index (χ4v) is 1.04. The lowest BCUT2D eigenvalue weighted by molar-refractivity contribution is -0.150. The van der Waals surface area contributed by atoms with Gasteiger partial charge in [0.25, 0.3) is 0 Å². The molecule has 0 radical (unpaired) electrons. The van der Waals surface area contributed by atoms with Gasteiger partial charge in [0, 0.05) is 6.42 Å². The van der Waals surface area contributed by atoms with Crippen LogP contribution < -0.4 is 0 Å². The van der Waals surface area contributed by atoms with E-state index in [0.29, 0.717) is 0 Å². The first-order valence-corrected chi connectivity index (χ1v) is 3.89. The van der Waals surface area contributed by atoms with Crippen LogP contribution in [-0.4, -0.2) is 46.8 Å². The molecule has 0 aliphatic carbocycles. The van der Waals surface area contributed by atoms with Crippen LogP contribution in [0, 0.1) is 0 Å². The van der Waals surface area contributed by atoms with E-state index in [1.807, 2.05) is 0 Å². The Balaban J connectivity index is 4.51. The average Bonchev–Trinajstić information content (AvgIpc) is 1.84. The van der Waals surface area contributed by atoms with Crippen LogP contribution in [0.4, 0.5) is 0 Å². The number of carboxylic acid groups (broad SMARTS) is 1. The standard InChI is InChI=1S/C8H17NO3/c1-6(10)5-8(2,7(11)12)9(3)4/h6,10H,5H2,1-4H3,(H,11,12). The molecule has 0 aliphatic heterocycles. The smallest absolute Gasteiger partial charge is 0.323 e. The van der Waals surface area contributed by atoms with Gasteiger partial charge in [0.05, 0.1) is 6.10 Å². The lowest BCUT2D eigenvalue weighted by Gasteiger charge is -2.32. The summed E-state index contributed by atoms with van der Waals surface area (Å²) < 4.78 is 0. The molecule has 0 aromatic rings. The summed E-state index contributed by atoms with van der Waals surface area (Å²) in [5.74, 6) is -0.909. The van der Waals surface area contributed by atoms with Crippen molar-refractivity contribution in [3.05, 3.63) is 0 Å². The largest absolute Gasteiger partial charge is 0.480 e. The number of rotatable bonds is 4. The Morgan fingerprint density at radius 1 is 1.58 bits per heavy atom. The van der Waals surface area contributed by atoms with Crippen molar-refractivity contribution in [2.24, 2.45) is 0 Å². The van der Waals surface area contributed by atoms with E-state index in [0.717, 1.165) is 0 Å². The molecule has 12 heavy (non-hydrogen) atoms. The van der Waals surface area contributed by atoms with E-state index in [4.69, 9.17) is 10.2 Å². The highest BCUT2D eigenvalue weighted by atomic mass is 16.4. The second kappa shape index (κ2) is 3.87. The minimum Gasteiger partial charge on any atom is -0.480 e. The Hall–Kier alpha value is -0.610. The topological polar surface area (TPSA) is 60.8 Å². The van der Waals surface area contributed by atoms with Crippen LogP contribution in [0.15, 0.2) is 0 Å². The van der Waals surface area contributed by atoms with Gasteiger partial charge < -0.3 is 10.2 Å². The van der Waals surface area contributed by atoms with Crippen molar-refractivity contribution < 1.29 is 15.0 Å². The zero-order valence-electron chi connectivity index (χ0n) is 8.03. The van der Waals surface area contributed by atoms with Gasteiger partial charge in [-0.2, -0.15) is 0 Å². The molecule has 0 bridgehead atoms. The second-order valence-electron chi connectivity index (χ2n) is 3.53. The first-order valence-electron chi connectivity index (χ1n) is 3.89. The predicted molar refractivity (Wildman–Crippen MR) is 46.0 cm³/mol. The molecule has 0 heterocycles. The molecule has 2 unspecified atom stereocenters. The Morgan fingerprint density at radius 2 is 2.00 bits per heavy atom. The van der Waals surface area contributed by atoms with E-state index in [1.165, 1.54) is 0 Å². The number of aliphatic carboxylic acids is 1. The number of nitrogens with zero attached hydrogens (tertiary/aromatic N) is 1. The van der Waals surface area contributed by atoms with Gasteiger partial charge in [-0.1, -0.05) is 0 Å². The SMILES string of the molecule is CC(O)CC(C)(C(=O)O)N(C)C. The van der Waals surface area contributed by atoms with Crippen LogP contribution in [0.5, 0.6) is 0 Å². The molecule has 0 rings (SSSR count). The Bertz CT molecular complexity index is 168. The Morgan fingerprint density at radius 3 is 2.08 bits per heavy atom. The summed E-state index contributed by atoms with van der Waals surface area (Å²) in [6, 6.07) is 0. The molecule has 72 valence electrons. The fraction of sp³-hybridized carbons (Fsp3) is 0.875. The Labute approximate surface area is 72.8 Å². The van der Waals surface area contributed by atoms with E-state index in [1.54, 1.807) is 32.8 Å². The van der Waals surface area contributed by atoms with Gasteiger partial charge in [-0.25, -0.2) is 0 Å². The number of likely N-dealkylation sites (N-methyl/N-ethyl adjacent to an activating group) is 1. The van der Waals surface area contributed by atoms with Gasteiger partial charge in [0.15, 0.2) is 0 Å². The van der Waals surface area contributed by atoms with Crippen LogP contribution in [0.2, 0.25) is 0 Å². The first kappa shape index (κ1) is 11.4. The molecule has 2 atom stereocenters. The van der Waals surface area contributed by atoms with E-state index in [9.17, 15) is 4.79 Å². The number of carboxylic acids is 1. The molecule has 4 heteroatoms. The summed E-state index contributed by atoms with van der Waals surface area (Å²) in [6.45, 7) is 3.19. The number of hydrogen-bond donors (Lipinski definition) is 2. The summed E-state index contributed by atoms with van der Waals surface area (Å²) in [5, 5.41) is 18.0. The van der Waals surface area contributed by atoms with Gasteiger partial charge in [-0.05, 0) is 27.9 Å². The number of aliphatic hydroxyl groups is 1. The highest BCUT2D eigenvalue weighted by molar-refractivity contribution is 5.78. The summed E-state index contributed by atoms with van der Waals surface area (Å²) in [6.07, 6.45) is -0.372. The molecule has 0 aromatic carbocycles. The molecule has 0 fully saturated rings. The van der Waals surface area contributed by atoms with Crippen molar-refractivity contribution in [1.82, 2.24) is 4.90 Å². The number of aliphatic hydroxyl groups excluding tert-OH is 1. The van der Waals surface area contributed by atoms with Crippen molar-refractivity contribution in [3.8, 4) is 0 Å². The van der Waals surface area contributed by atoms with Crippen molar-refractivity contribution in [2.45, 2.75) is 31.9 Å². The highest BCUT2D eigenvalue weighted by Gasteiger charge is 2.36. The minimum atomic E-state index is -0.978. The van der Waals surface area contributed by atoms with Crippen LogP contribution >= 0.6 is 0 Å². The van der Waals surface area contributed by atoms with E-state index in [-0.39, 0.29) is 6.42 Å². The number of carbonyl (C=O) groups is 1. The van der Waals surface area contributed by atoms with Crippen LogP contribution in [0.25, 0.3) is 0 Å². The first-order chi connectivity index (χ1) is 5.30. The normalized spacial score (nSPS) is 18.8. The fourth-order valence-electron chi connectivity index (χ4n) is 1.04. The van der Waals surface area contributed by atoms with E-state index in [2.05, 4.69) is 0 Å². The van der Waals surface area contributed by atoms with E-state index < -0.39 is 17.6 Å². The van der Waals surface area contributed by atoms with Gasteiger partial charge in [0.2, 0.25) is 0 Å². The minimum absolute atomic E-state index is 0.231. The molecule has 2 N–H and O–H groups in total.